The van der Waals surface area contributed by atoms with Gasteiger partial charge in [0.15, 0.2) is 0 Å². The molecule has 1 aromatic rings. The molecule has 0 unspecified atom stereocenters. The Morgan fingerprint density at radius 2 is 1.54 bits per heavy atom. The highest BCUT2D eigenvalue weighted by molar-refractivity contribution is 6.47. The van der Waals surface area contributed by atoms with Crippen molar-refractivity contribution in [3.8, 4) is 0 Å². The lowest BCUT2D eigenvalue weighted by Gasteiger charge is -2.37. The number of hydrogen-bond acceptors (Lipinski definition) is 4. The molecule has 152 valence electrons. The van der Waals surface area contributed by atoms with Crippen molar-refractivity contribution in [2.24, 2.45) is 5.92 Å². The van der Waals surface area contributed by atoms with Gasteiger partial charge in [0.1, 0.15) is 0 Å². The number of piperazine rings is 1. The summed E-state index contributed by atoms with van der Waals surface area (Å²) in [5.74, 6) is 0.492. The molecular formula is C21H31BN2O4. The summed E-state index contributed by atoms with van der Waals surface area (Å²) in [6.45, 7) is 9.60. The fraction of sp³-hybridized carbons (Fsp3) is 0.619. The highest BCUT2D eigenvalue weighted by Gasteiger charge is 2.36. The lowest BCUT2D eigenvalue weighted by molar-refractivity contribution is -0.134. The van der Waals surface area contributed by atoms with Gasteiger partial charge in [0, 0.05) is 37.7 Å². The number of hydrogen-bond donors (Lipinski definition) is 1. The molecule has 0 spiro atoms. The Morgan fingerprint density at radius 3 is 2.04 bits per heavy atom. The zero-order valence-electron chi connectivity index (χ0n) is 17.4. The Hall–Kier alpha value is -1.86. The summed E-state index contributed by atoms with van der Waals surface area (Å²) in [6.07, 6.45) is 2.03. The number of nitrogens with zero attached hydrogens (tertiary/aromatic N) is 2. The van der Waals surface area contributed by atoms with E-state index in [1.54, 1.807) is 13.8 Å². The summed E-state index contributed by atoms with van der Waals surface area (Å²) in [4.78, 5) is 28.6. The van der Waals surface area contributed by atoms with Gasteiger partial charge in [0.05, 0.1) is 11.2 Å². The average Bonchev–Trinajstić information content (AvgIpc) is 3.50. The molecule has 2 amide bonds. The van der Waals surface area contributed by atoms with E-state index in [0.717, 1.165) is 18.3 Å². The van der Waals surface area contributed by atoms with E-state index in [1.807, 2.05) is 47.9 Å². The van der Waals surface area contributed by atoms with Gasteiger partial charge in [-0.25, -0.2) is 0 Å². The van der Waals surface area contributed by atoms with E-state index < -0.39 is 11.2 Å². The zero-order valence-corrected chi connectivity index (χ0v) is 17.4. The van der Waals surface area contributed by atoms with E-state index in [1.165, 1.54) is 0 Å². The normalized spacial score (nSPS) is 18.2. The Balaban J connectivity index is 1.52. The van der Waals surface area contributed by atoms with Crippen molar-refractivity contribution in [2.75, 3.05) is 26.2 Å². The van der Waals surface area contributed by atoms with Crippen LogP contribution >= 0.6 is 0 Å². The summed E-state index contributed by atoms with van der Waals surface area (Å²) >= 11 is 0. The molecule has 0 bridgehead atoms. The van der Waals surface area contributed by atoms with Gasteiger partial charge in [-0.1, -0.05) is 17.6 Å². The molecule has 1 N–H and O–H groups in total. The molecule has 1 saturated heterocycles. The molecule has 0 radical (unpaired) electrons. The van der Waals surface area contributed by atoms with Crippen molar-refractivity contribution >= 4 is 24.8 Å². The van der Waals surface area contributed by atoms with E-state index in [-0.39, 0.29) is 17.7 Å². The third-order valence-electron chi connectivity index (χ3n) is 6.08. The molecule has 1 aliphatic carbocycles. The standard InChI is InChI=1S/C21H31BN2O4/c1-20(2,27)21(3,4)28-22-17-9-7-16(8-10-17)19(26)24-13-11-23(12-14-24)18(25)15-5-6-15/h7-10,15,22,27H,5-6,11-14H2,1-4H3. The van der Waals surface area contributed by atoms with Gasteiger partial charge in [0.2, 0.25) is 5.91 Å². The van der Waals surface area contributed by atoms with Crippen LogP contribution in [0, 0.1) is 5.92 Å². The second-order valence-corrected chi connectivity index (χ2v) is 8.95. The number of aliphatic hydroxyl groups is 1. The average molecular weight is 386 g/mol. The van der Waals surface area contributed by atoms with Gasteiger partial charge in [-0.3, -0.25) is 9.59 Å². The molecule has 2 fully saturated rings. The summed E-state index contributed by atoms with van der Waals surface area (Å²) < 4.78 is 5.87. The molecule has 7 heteroatoms. The van der Waals surface area contributed by atoms with Crippen molar-refractivity contribution in [1.82, 2.24) is 9.80 Å². The Labute approximate surface area is 168 Å². The molecule has 1 aromatic carbocycles. The Bertz CT molecular complexity index is 715. The monoisotopic (exact) mass is 386 g/mol. The third kappa shape index (κ3) is 4.76. The van der Waals surface area contributed by atoms with Gasteiger partial charge < -0.3 is 19.6 Å². The maximum atomic E-state index is 12.7. The minimum absolute atomic E-state index is 0.00260. The minimum Gasteiger partial charge on any atom is -0.427 e. The largest absolute Gasteiger partial charge is 0.427 e. The second kappa shape index (κ2) is 7.87. The lowest BCUT2D eigenvalue weighted by Crippen LogP contribution is -2.51. The van der Waals surface area contributed by atoms with Gasteiger partial charge >= 0.3 is 7.48 Å². The van der Waals surface area contributed by atoms with Crippen molar-refractivity contribution in [2.45, 2.75) is 51.7 Å². The molecule has 1 saturated carbocycles. The topological polar surface area (TPSA) is 70.1 Å². The van der Waals surface area contributed by atoms with Crippen molar-refractivity contribution in [1.29, 1.82) is 0 Å². The number of benzene rings is 1. The number of amides is 2. The maximum Gasteiger partial charge on any atom is 0.309 e. The van der Waals surface area contributed by atoms with Crippen LogP contribution in [0.3, 0.4) is 0 Å². The van der Waals surface area contributed by atoms with Gasteiger partial charge in [0.25, 0.3) is 5.91 Å². The van der Waals surface area contributed by atoms with Crippen LogP contribution in [0.25, 0.3) is 0 Å². The quantitative estimate of drug-likeness (QED) is 0.739. The van der Waals surface area contributed by atoms with Crippen LogP contribution in [0.1, 0.15) is 50.9 Å². The van der Waals surface area contributed by atoms with Crippen molar-refractivity contribution < 1.29 is 19.3 Å². The molecule has 28 heavy (non-hydrogen) atoms. The molecular weight excluding hydrogens is 355 g/mol. The molecule has 2 aliphatic rings. The van der Waals surface area contributed by atoms with Crippen LogP contribution in [0.15, 0.2) is 24.3 Å². The molecule has 3 rings (SSSR count). The molecule has 1 aliphatic heterocycles. The van der Waals surface area contributed by atoms with E-state index in [0.29, 0.717) is 39.2 Å². The summed E-state index contributed by atoms with van der Waals surface area (Å²) in [7, 11) is 0.368. The van der Waals surface area contributed by atoms with Crippen LogP contribution in [0.4, 0.5) is 0 Å². The first-order valence-corrected chi connectivity index (χ1v) is 10.1. The Kier molecular flexibility index (Phi) is 5.87. The molecule has 0 atom stereocenters. The first kappa shape index (κ1) is 20.9. The highest BCUT2D eigenvalue weighted by atomic mass is 16.5. The molecule has 6 nitrogen and oxygen atoms in total. The number of carbonyl (C=O) groups excluding carboxylic acids is 2. The van der Waals surface area contributed by atoms with Crippen LogP contribution < -0.4 is 5.46 Å². The second-order valence-electron chi connectivity index (χ2n) is 8.95. The first-order valence-electron chi connectivity index (χ1n) is 10.1. The fourth-order valence-electron chi connectivity index (χ4n) is 3.08. The van der Waals surface area contributed by atoms with Crippen LogP contribution in [0.2, 0.25) is 0 Å². The van der Waals surface area contributed by atoms with Crippen LogP contribution in [0.5, 0.6) is 0 Å². The molecule has 1 heterocycles. The first-order chi connectivity index (χ1) is 13.1. The summed E-state index contributed by atoms with van der Waals surface area (Å²) in [5, 5.41) is 10.2. The van der Waals surface area contributed by atoms with E-state index in [9.17, 15) is 14.7 Å². The summed E-state index contributed by atoms with van der Waals surface area (Å²) in [6, 6.07) is 7.42. The SMILES string of the molecule is CC(C)(O)C(C)(C)OBc1ccc(C(=O)N2CCN(C(=O)C3CC3)CC2)cc1. The van der Waals surface area contributed by atoms with E-state index in [4.69, 9.17) is 4.65 Å². The predicted molar refractivity (Wildman–Crippen MR) is 110 cm³/mol. The molecule has 0 aromatic heterocycles. The van der Waals surface area contributed by atoms with Gasteiger partial charge in [-0.2, -0.15) is 0 Å². The van der Waals surface area contributed by atoms with Crippen molar-refractivity contribution in [3.63, 3.8) is 0 Å². The minimum atomic E-state index is -0.952. The number of carbonyl (C=O) groups is 2. The summed E-state index contributed by atoms with van der Waals surface area (Å²) in [5.41, 5.74) is -0.0356. The maximum absolute atomic E-state index is 12.7. The third-order valence-corrected chi connectivity index (χ3v) is 6.08. The van der Waals surface area contributed by atoms with Gasteiger partial charge in [-0.15, -0.1) is 0 Å². The Morgan fingerprint density at radius 1 is 1.00 bits per heavy atom. The van der Waals surface area contributed by atoms with E-state index >= 15 is 0 Å². The van der Waals surface area contributed by atoms with Crippen LogP contribution in [-0.2, 0) is 9.45 Å². The van der Waals surface area contributed by atoms with E-state index in [2.05, 4.69) is 0 Å². The smallest absolute Gasteiger partial charge is 0.309 e. The highest BCUT2D eigenvalue weighted by Crippen LogP contribution is 2.31. The van der Waals surface area contributed by atoms with Crippen LogP contribution in [-0.4, -0.2) is 71.6 Å². The number of rotatable bonds is 6. The fourth-order valence-corrected chi connectivity index (χ4v) is 3.08. The zero-order chi connectivity index (χ0) is 20.5. The lowest BCUT2D eigenvalue weighted by atomic mass is 9.82. The van der Waals surface area contributed by atoms with Gasteiger partial charge in [-0.05, 0) is 52.7 Å². The predicted octanol–water partition coefficient (Wildman–Crippen LogP) is 0.924. The van der Waals surface area contributed by atoms with Crippen molar-refractivity contribution in [3.05, 3.63) is 29.8 Å².